The summed E-state index contributed by atoms with van der Waals surface area (Å²) in [5, 5.41) is 10.9. The molecule has 0 saturated carbocycles. The number of phenols is 1. The highest BCUT2D eigenvalue weighted by molar-refractivity contribution is 5.86. The lowest BCUT2D eigenvalue weighted by molar-refractivity contribution is 0.468. The van der Waals surface area contributed by atoms with Crippen molar-refractivity contribution in [3.8, 4) is 28.0 Å². The first-order valence-corrected chi connectivity index (χ1v) is 9.31. The molecule has 0 heterocycles. The molecule has 0 radical (unpaired) electrons. The van der Waals surface area contributed by atoms with Crippen LogP contribution in [-0.4, -0.2) is 5.11 Å². The van der Waals surface area contributed by atoms with Crippen LogP contribution in [0, 0.1) is 0 Å². The lowest BCUT2D eigenvalue weighted by Gasteiger charge is -2.13. The number of fused-ring (bicyclic) bond motifs is 3. The highest BCUT2D eigenvalue weighted by Crippen LogP contribution is 2.44. The second-order valence-electron chi connectivity index (χ2n) is 6.94. The van der Waals surface area contributed by atoms with Crippen molar-refractivity contribution in [2.24, 2.45) is 0 Å². The summed E-state index contributed by atoms with van der Waals surface area (Å²) in [7, 11) is 0. The molecule has 1 nitrogen and oxygen atoms in total. The number of hydrogen-bond acceptors (Lipinski definition) is 1. The first-order chi connectivity index (χ1) is 12.3. The quantitative estimate of drug-likeness (QED) is 0.422. The van der Waals surface area contributed by atoms with Gasteiger partial charge >= 0.3 is 0 Å². The van der Waals surface area contributed by atoms with Gasteiger partial charge < -0.3 is 5.11 Å². The highest BCUT2D eigenvalue weighted by atomic mass is 16.3. The van der Waals surface area contributed by atoms with Crippen molar-refractivity contribution in [1.82, 2.24) is 0 Å². The molecule has 0 aromatic heterocycles. The minimum atomic E-state index is 0.461. The van der Waals surface area contributed by atoms with Crippen LogP contribution in [0.25, 0.3) is 22.3 Å². The van der Waals surface area contributed by atoms with Crippen molar-refractivity contribution in [2.75, 3.05) is 0 Å². The Balaban J connectivity index is 1.76. The SMILES string of the molecule is CCCCCc1cccc(-c2cccc3c2Cc2ccccc2-3)c1O. The number of benzene rings is 3. The van der Waals surface area contributed by atoms with Gasteiger partial charge in [-0.2, -0.15) is 0 Å². The number of phenolic OH excluding ortho intramolecular Hbond substituents is 1. The Kier molecular flexibility index (Phi) is 4.31. The number of rotatable bonds is 5. The fraction of sp³-hybridized carbons (Fsp3) is 0.250. The minimum Gasteiger partial charge on any atom is -0.507 e. The predicted molar refractivity (Wildman–Crippen MR) is 105 cm³/mol. The molecule has 1 heteroatoms. The molecule has 0 saturated heterocycles. The Morgan fingerprint density at radius 3 is 2.28 bits per heavy atom. The van der Waals surface area contributed by atoms with Crippen LogP contribution in [0.2, 0.25) is 0 Å². The van der Waals surface area contributed by atoms with Crippen LogP contribution in [0.3, 0.4) is 0 Å². The third-order valence-corrected chi connectivity index (χ3v) is 5.31. The Hall–Kier alpha value is -2.54. The van der Waals surface area contributed by atoms with Gasteiger partial charge in [0.2, 0.25) is 0 Å². The molecule has 0 bridgehead atoms. The van der Waals surface area contributed by atoms with Gasteiger partial charge in [0.05, 0.1) is 0 Å². The van der Waals surface area contributed by atoms with E-state index in [0.29, 0.717) is 5.75 Å². The van der Waals surface area contributed by atoms with Gasteiger partial charge in [-0.25, -0.2) is 0 Å². The molecule has 4 rings (SSSR count). The molecule has 0 unspecified atom stereocenters. The molecule has 0 fully saturated rings. The van der Waals surface area contributed by atoms with E-state index in [4.69, 9.17) is 0 Å². The minimum absolute atomic E-state index is 0.461. The predicted octanol–water partition coefficient (Wildman–Crippen LogP) is 6.36. The second kappa shape index (κ2) is 6.76. The summed E-state index contributed by atoms with van der Waals surface area (Å²) in [5.74, 6) is 0.461. The van der Waals surface area contributed by atoms with Gasteiger partial charge in [-0.05, 0) is 52.6 Å². The fourth-order valence-electron chi connectivity index (χ4n) is 3.99. The molecule has 0 atom stereocenters. The number of para-hydroxylation sites is 1. The summed E-state index contributed by atoms with van der Waals surface area (Å²) in [6, 6.07) is 21.3. The first-order valence-electron chi connectivity index (χ1n) is 9.31. The van der Waals surface area contributed by atoms with Gasteiger partial charge in [0.15, 0.2) is 0 Å². The van der Waals surface area contributed by atoms with Gasteiger partial charge in [-0.15, -0.1) is 0 Å². The summed E-state index contributed by atoms with van der Waals surface area (Å²) in [4.78, 5) is 0. The topological polar surface area (TPSA) is 20.2 Å². The lowest BCUT2D eigenvalue weighted by atomic mass is 9.93. The van der Waals surface area contributed by atoms with Crippen molar-refractivity contribution in [3.63, 3.8) is 0 Å². The van der Waals surface area contributed by atoms with E-state index in [1.54, 1.807) is 0 Å². The van der Waals surface area contributed by atoms with Crippen molar-refractivity contribution in [3.05, 3.63) is 77.4 Å². The molecule has 3 aromatic carbocycles. The van der Waals surface area contributed by atoms with E-state index in [1.165, 1.54) is 40.7 Å². The maximum Gasteiger partial charge on any atom is 0.126 e. The Morgan fingerprint density at radius 2 is 1.44 bits per heavy atom. The van der Waals surface area contributed by atoms with Crippen molar-refractivity contribution in [1.29, 1.82) is 0 Å². The molecule has 0 spiro atoms. The highest BCUT2D eigenvalue weighted by Gasteiger charge is 2.22. The first kappa shape index (κ1) is 16.0. The second-order valence-corrected chi connectivity index (χ2v) is 6.94. The Morgan fingerprint density at radius 1 is 0.760 bits per heavy atom. The maximum absolute atomic E-state index is 10.9. The largest absolute Gasteiger partial charge is 0.507 e. The maximum atomic E-state index is 10.9. The van der Waals surface area contributed by atoms with Crippen LogP contribution in [0.4, 0.5) is 0 Å². The molecule has 1 aliphatic carbocycles. The van der Waals surface area contributed by atoms with E-state index >= 15 is 0 Å². The molecule has 0 aliphatic heterocycles. The van der Waals surface area contributed by atoms with Gasteiger partial charge in [0, 0.05) is 5.56 Å². The monoisotopic (exact) mass is 328 g/mol. The van der Waals surface area contributed by atoms with Gasteiger partial charge in [0.1, 0.15) is 5.75 Å². The third kappa shape index (κ3) is 2.84. The van der Waals surface area contributed by atoms with Crippen LogP contribution in [0.1, 0.15) is 42.9 Å². The molecule has 126 valence electrons. The van der Waals surface area contributed by atoms with Gasteiger partial charge in [0.25, 0.3) is 0 Å². The average molecular weight is 328 g/mol. The fourth-order valence-corrected chi connectivity index (χ4v) is 3.99. The molecule has 25 heavy (non-hydrogen) atoms. The molecular weight excluding hydrogens is 304 g/mol. The van der Waals surface area contributed by atoms with Crippen molar-refractivity contribution >= 4 is 0 Å². The molecule has 1 aliphatic rings. The van der Waals surface area contributed by atoms with E-state index < -0.39 is 0 Å². The van der Waals surface area contributed by atoms with Crippen LogP contribution in [0.15, 0.2) is 60.7 Å². The van der Waals surface area contributed by atoms with Crippen LogP contribution < -0.4 is 0 Å². The summed E-state index contributed by atoms with van der Waals surface area (Å²) in [5.41, 5.74) is 8.57. The van der Waals surface area contributed by atoms with Crippen molar-refractivity contribution in [2.45, 2.75) is 39.0 Å². The Labute approximate surface area is 150 Å². The zero-order valence-electron chi connectivity index (χ0n) is 14.8. The molecule has 3 aromatic rings. The number of unbranched alkanes of at least 4 members (excludes halogenated alkanes) is 2. The van der Waals surface area contributed by atoms with E-state index in [1.807, 2.05) is 0 Å². The smallest absolute Gasteiger partial charge is 0.126 e. The van der Waals surface area contributed by atoms with E-state index in [2.05, 4.69) is 67.6 Å². The number of hydrogen-bond donors (Lipinski definition) is 1. The zero-order chi connectivity index (χ0) is 17.2. The van der Waals surface area contributed by atoms with Gasteiger partial charge in [-0.1, -0.05) is 80.4 Å². The molecule has 0 amide bonds. The summed E-state index contributed by atoms with van der Waals surface area (Å²) in [6.07, 6.45) is 5.43. The number of aromatic hydroxyl groups is 1. The lowest BCUT2D eigenvalue weighted by Crippen LogP contribution is -1.92. The third-order valence-electron chi connectivity index (χ3n) is 5.31. The van der Waals surface area contributed by atoms with Crippen LogP contribution in [-0.2, 0) is 12.8 Å². The van der Waals surface area contributed by atoms with Gasteiger partial charge in [-0.3, -0.25) is 0 Å². The Bertz CT molecular complexity index is 908. The molecular formula is C24H24O. The van der Waals surface area contributed by atoms with Crippen molar-refractivity contribution < 1.29 is 5.11 Å². The normalized spacial score (nSPS) is 12.0. The van der Waals surface area contributed by atoms with Crippen LogP contribution >= 0.6 is 0 Å². The standard InChI is InChI=1S/C24H24O/c1-2-3-4-9-17-11-7-15-22(24(17)25)21-14-8-13-20-19-12-6-5-10-18(19)16-23(20)21/h5-8,10-15,25H,2-4,9,16H2,1H3. The van der Waals surface area contributed by atoms with E-state index in [9.17, 15) is 5.11 Å². The molecule has 1 N–H and O–H groups in total. The van der Waals surface area contributed by atoms with E-state index in [-0.39, 0.29) is 0 Å². The summed E-state index contributed by atoms with van der Waals surface area (Å²) >= 11 is 0. The summed E-state index contributed by atoms with van der Waals surface area (Å²) < 4.78 is 0. The summed E-state index contributed by atoms with van der Waals surface area (Å²) in [6.45, 7) is 2.21. The zero-order valence-corrected chi connectivity index (χ0v) is 14.8. The van der Waals surface area contributed by atoms with Crippen LogP contribution in [0.5, 0.6) is 5.75 Å². The average Bonchev–Trinajstić information content (AvgIpc) is 3.02. The number of aryl methyl sites for hydroxylation is 1. The van der Waals surface area contributed by atoms with E-state index in [0.717, 1.165) is 30.4 Å².